The molecule has 4 aromatic heterocycles. The lowest BCUT2D eigenvalue weighted by Crippen LogP contribution is -2.05. The monoisotopic (exact) mass is 367 g/mol. The number of hydrogen-bond acceptors (Lipinski definition) is 4. The number of ketones is 1. The number of carbonyl (C=O) groups excluding carboxylic acids is 1. The van der Waals surface area contributed by atoms with Crippen molar-refractivity contribution in [3.63, 3.8) is 0 Å². The van der Waals surface area contributed by atoms with E-state index in [0.29, 0.717) is 5.56 Å². The Morgan fingerprint density at radius 3 is 2.75 bits per heavy atom. The van der Waals surface area contributed by atoms with Crippen LogP contribution in [0.3, 0.4) is 0 Å². The van der Waals surface area contributed by atoms with E-state index in [-0.39, 0.29) is 12.2 Å². The highest BCUT2D eigenvalue weighted by Crippen LogP contribution is 2.22. The zero-order chi connectivity index (χ0) is 19.1. The summed E-state index contributed by atoms with van der Waals surface area (Å²) in [5.74, 6) is 0.0523. The van der Waals surface area contributed by atoms with Crippen LogP contribution in [0.5, 0.6) is 0 Å². The van der Waals surface area contributed by atoms with E-state index >= 15 is 0 Å². The molecule has 0 aliphatic heterocycles. The first-order valence-electron chi connectivity index (χ1n) is 9.00. The van der Waals surface area contributed by atoms with Gasteiger partial charge >= 0.3 is 0 Å². The lowest BCUT2D eigenvalue weighted by atomic mass is 10.0. The lowest BCUT2D eigenvalue weighted by Gasteiger charge is -2.05. The van der Waals surface area contributed by atoms with Crippen LogP contribution in [-0.4, -0.2) is 30.5 Å². The Bertz CT molecular complexity index is 1330. The molecule has 4 heterocycles. The summed E-state index contributed by atoms with van der Waals surface area (Å²) in [6.07, 6.45) is 9.42. The van der Waals surface area contributed by atoms with Crippen molar-refractivity contribution in [1.82, 2.24) is 24.7 Å². The van der Waals surface area contributed by atoms with Crippen molar-refractivity contribution in [3.8, 4) is 11.3 Å². The van der Waals surface area contributed by atoms with Crippen LogP contribution in [-0.2, 0) is 13.5 Å². The number of Topliss-reactive ketones (excluding diaryl/α,β-unsaturated/α-hetero) is 1. The van der Waals surface area contributed by atoms with Gasteiger partial charge in [0.2, 0.25) is 0 Å². The van der Waals surface area contributed by atoms with Crippen LogP contribution in [0, 0.1) is 0 Å². The van der Waals surface area contributed by atoms with Gasteiger partial charge < -0.3 is 4.98 Å². The van der Waals surface area contributed by atoms with Crippen LogP contribution in [0.25, 0.3) is 32.9 Å². The molecule has 1 aromatic carbocycles. The highest BCUT2D eigenvalue weighted by atomic mass is 16.1. The first-order chi connectivity index (χ1) is 13.7. The number of fused-ring (bicyclic) bond motifs is 2. The molecule has 6 nitrogen and oxygen atoms in total. The van der Waals surface area contributed by atoms with Gasteiger partial charge in [0, 0.05) is 64.9 Å². The lowest BCUT2D eigenvalue weighted by molar-refractivity contribution is 0.0992. The molecule has 0 amide bonds. The Labute approximate surface area is 160 Å². The van der Waals surface area contributed by atoms with Crippen LogP contribution in [0.2, 0.25) is 0 Å². The zero-order valence-corrected chi connectivity index (χ0v) is 15.3. The first-order valence-corrected chi connectivity index (χ1v) is 9.00. The van der Waals surface area contributed by atoms with Gasteiger partial charge in [0.05, 0.1) is 18.3 Å². The van der Waals surface area contributed by atoms with Gasteiger partial charge in [-0.2, -0.15) is 5.10 Å². The van der Waals surface area contributed by atoms with Gasteiger partial charge in [0.15, 0.2) is 5.78 Å². The van der Waals surface area contributed by atoms with E-state index in [0.717, 1.165) is 38.6 Å². The Morgan fingerprint density at radius 1 is 1.00 bits per heavy atom. The zero-order valence-electron chi connectivity index (χ0n) is 15.3. The molecule has 1 N–H and O–H groups in total. The highest BCUT2D eigenvalue weighted by Gasteiger charge is 2.11. The van der Waals surface area contributed by atoms with Crippen molar-refractivity contribution in [2.24, 2.45) is 7.05 Å². The van der Waals surface area contributed by atoms with E-state index in [4.69, 9.17) is 0 Å². The van der Waals surface area contributed by atoms with Gasteiger partial charge in [-0.3, -0.25) is 19.4 Å². The maximum atomic E-state index is 12.7. The Hall–Kier alpha value is -3.80. The molecule has 0 spiro atoms. The largest absolute Gasteiger partial charge is 0.361 e. The minimum Gasteiger partial charge on any atom is -0.361 e. The predicted octanol–water partition coefficient (Wildman–Crippen LogP) is 3.94. The molecule has 136 valence electrons. The number of aryl methyl sites for hydroxylation is 1. The number of carbonyl (C=O) groups is 1. The summed E-state index contributed by atoms with van der Waals surface area (Å²) in [6, 6.07) is 11.6. The van der Waals surface area contributed by atoms with Crippen LogP contribution in [0.15, 0.2) is 67.4 Å². The average Bonchev–Trinajstić information content (AvgIpc) is 3.35. The van der Waals surface area contributed by atoms with Crippen molar-refractivity contribution in [3.05, 3.63) is 78.6 Å². The number of aromatic nitrogens is 5. The molecule has 0 radical (unpaired) electrons. The highest BCUT2D eigenvalue weighted by molar-refractivity contribution is 6.00. The topological polar surface area (TPSA) is 76.5 Å². The molecule has 0 unspecified atom stereocenters. The molecule has 5 rings (SSSR count). The van der Waals surface area contributed by atoms with Crippen molar-refractivity contribution in [1.29, 1.82) is 0 Å². The SMILES string of the molecule is Cn1cc(-c2cc3cc(CC(=O)c4ccc5[nH]ccc5c4)ncc3cn2)cn1. The third-order valence-corrected chi connectivity index (χ3v) is 4.88. The maximum Gasteiger partial charge on any atom is 0.168 e. The number of nitrogens with one attached hydrogen (secondary N) is 1. The number of rotatable bonds is 4. The van der Waals surface area contributed by atoms with Crippen molar-refractivity contribution >= 4 is 27.5 Å². The van der Waals surface area contributed by atoms with Crippen LogP contribution >= 0.6 is 0 Å². The second-order valence-electron chi connectivity index (χ2n) is 6.87. The maximum absolute atomic E-state index is 12.7. The van der Waals surface area contributed by atoms with Crippen LogP contribution in [0.1, 0.15) is 16.1 Å². The molecular formula is C22H17N5O. The number of aromatic amines is 1. The minimum atomic E-state index is 0.0523. The Kier molecular flexibility index (Phi) is 3.76. The molecule has 5 aromatic rings. The third kappa shape index (κ3) is 2.95. The van der Waals surface area contributed by atoms with Crippen molar-refractivity contribution < 1.29 is 4.79 Å². The van der Waals surface area contributed by atoms with E-state index in [1.54, 1.807) is 23.3 Å². The molecule has 0 atom stereocenters. The predicted molar refractivity (Wildman–Crippen MR) is 108 cm³/mol. The average molecular weight is 367 g/mol. The third-order valence-electron chi connectivity index (χ3n) is 4.88. The van der Waals surface area contributed by atoms with Gasteiger partial charge in [-0.1, -0.05) is 0 Å². The normalized spacial score (nSPS) is 11.3. The minimum absolute atomic E-state index is 0.0523. The molecule has 6 heteroatoms. The van der Waals surface area contributed by atoms with Gasteiger partial charge in [-0.05, 0) is 41.8 Å². The second-order valence-corrected chi connectivity index (χ2v) is 6.87. The van der Waals surface area contributed by atoms with Crippen LogP contribution < -0.4 is 0 Å². The fraction of sp³-hybridized carbons (Fsp3) is 0.0909. The number of pyridine rings is 2. The Balaban J connectivity index is 1.45. The number of nitrogens with zero attached hydrogens (tertiary/aromatic N) is 4. The van der Waals surface area contributed by atoms with Crippen LogP contribution in [0.4, 0.5) is 0 Å². The number of hydrogen-bond donors (Lipinski definition) is 1. The number of H-pyrrole nitrogens is 1. The van der Waals surface area contributed by atoms with E-state index < -0.39 is 0 Å². The fourth-order valence-corrected chi connectivity index (χ4v) is 3.38. The number of benzene rings is 1. The molecular weight excluding hydrogens is 350 g/mol. The van der Waals surface area contributed by atoms with Gasteiger partial charge in [-0.15, -0.1) is 0 Å². The fourth-order valence-electron chi connectivity index (χ4n) is 3.38. The molecule has 0 bridgehead atoms. The van der Waals surface area contributed by atoms with Gasteiger partial charge in [0.1, 0.15) is 0 Å². The van der Waals surface area contributed by atoms with E-state index in [9.17, 15) is 4.79 Å². The molecule has 0 aliphatic carbocycles. The van der Waals surface area contributed by atoms with Crippen molar-refractivity contribution in [2.45, 2.75) is 6.42 Å². The first kappa shape index (κ1) is 16.4. The van der Waals surface area contributed by atoms with Crippen molar-refractivity contribution in [2.75, 3.05) is 0 Å². The molecule has 0 aliphatic rings. The summed E-state index contributed by atoms with van der Waals surface area (Å²) < 4.78 is 1.75. The van der Waals surface area contributed by atoms with Gasteiger partial charge in [0.25, 0.3) is 0 Å². The summed E-state index contributed by atoms with van der Waals surface area (Å²) in [5.41, 5.74) is 4.27. The molecule has 0 saturated carbocycles. The molecule has 0 saturated heterocycles. The molecule has 28 heavy (non-hydrogen) atoms. The van der Waals surface area contributed by atoms with E-state index in [1.165, 1.54) is 0 Å². The molecule has 0 fully saturated rings. The summed E-state index contributed by atoms with van der Waals surface area (Å²) in [4.78, 5) is 24.8. The summed E-state index contributed by atoms with van der Waals surface area (Å²) in [7, 11) is 1.88. The van der Waals surface area contributed by atoms with E-state index in [2.05, 4.69) is 20.1 Å². The van der Waals surface area contributed by atoms with Gasteiger partial charge in [-0.25, -0.2) is 0 Å². The Morgan fingerprint density at radius 2 is 1.89 bits per heavy atom. The summed E-state index contributed by atoms with van der Waals surface area (Å²) >= 11 is 0. The van der Waals surface area contributed by atoms with E-state index in [1.807, 2.05) is 55.8 Å². The standard InChI is InChI=1S/C22H17N5O/c1-27-13-18(12-26-27)21-8-16-7-19(24-10-17(16)11-25-21)9-22(28)15-2-3-20-14(6-15)4-5-23-20/h2-8,10-13,23H,9H2,1H3. The summed E-state index contributed by atoms with van der Waals surface area (Å²) in [6.45, 7) is 0. The second kappa shape index (κ2) is 6.42. The quantitative estimate of drug-likeness (QED) is 0.488. The smallest absolute Gasteiger partial charge is 0.168 e. The summed E-state index contributed by atoms with van der Waals surface area (Å²) in [5, 5.41) is 7.18.